The minimum atomic E-state index is 0.596. The molecule has 2 rings (SSSR count). The normalized spacial score (nSPS) is 25.1. The van der Waals surface area contributed by atoms with E-state index in [-0.39, 0.29) is 0 Å². The van der Waals surface area contributed by atoms with E-state index in [2.05, 4.69) is 49.2 Å². The molecule has 3 nitrogen and oxygen atoms in total. The van der Waals surface area contributed by atoms with Crippen molar-refractivity contribution in [2.45, 2.75) is 32.9 Å². The molecule has 0 unspecified atom stereocenters. The van der Waals surface area contributed by atoms with Crippen LogP contribution in [0.4, 0.5) is 0 Å². The van der Waals surface area contributed by atoms with Gasteiger partial charge in [-0.1, -0.05) is 0 Å². The van der Waals surface area contributed by atoms with Crippen LogP contribution >= 0.6 is 11.3 Å². The lowest BCUT2D eigenvalue weighted by Crippen LogP contribution is -2.39. The molecule has 1 aromatic heterocycles. The van der Waals surface area contributed by atoms with Crippen molar-refractivity contribution in [3.05, 3.63) is 21.9 Å². The zero-order valence-corrected chi connectivity index (χ0v) is 14.1. The second-order valence-corrected chi connectivity index (χ2v) is 7.17. The molecule has 0 aliphatic carbocycles. The lowest BCUT2D eigenvalue weighted by Gasteiger charge is -2.32. The molecular weight excluding hydrogens is 268 g/mol. The van der Waals surface area contributed by atoms with Gasteiger partial charge in [-0.05, 0) is 63.8 Å². The van der Waals surface area contributed by atoms with Crippen LogP contribution in [0.3, 0.4) is 0 Å². The van der Waals surface area contributed by atoms with E-state index in [1.54, 1.807) is 0 Å². The molecule has 0 N–H and O–H groups in total. The van der Waals surface area contributed by atoms with Crippen LogP contribution in [0.15, 0.2) is 11.4 Å². The molecule has 114 valence electrons. The molecule has 20 heavy (non-hydrogen) atoms. The van der Waals surface area contributed by atoms with E-state index in [1.165, 1.54) is 16.9 Å². The average Bonchev–Trinajstić information content (AvgIpc) is 2.72. The number of ether oxygens (including phenoxy) is 1. The fourth-order valence-electron chi connectivity index (χ4n) is 2.78. The van der Waals surface area contributed by atoms with Crippen LogP contribution < -0.4 is 0 Å². The topological polar surface area (TPSA) is 15.7 Å². The van der Waals surface area contributed by atoms with Gasteiger partial charge in [-0.25, -0.2) is 0 Å². The van der Waals surface area contributed by atoms with E-state index < -0.39 is 0 Å². The average molecular weight is 296 g/mol. The number of hydrogen-bond donors (Lipinski definition) is 0. The highest BCUT2D eigenvalue weighted by atomic mass is 32.1. The van der Waals surface area contributed by atoms with E-state index >= 15 is 0 Å². The predicted molar refractivity (Wildman–Crippen MR) is 86.4 cm³/mol. The fourth-order valence-corrected chi connectivity index (χ4v) is 3.71. The molecular formula is C16H28N2OS. The number of nitrogens with zero attached hydrogens (tertiary/aromatic N) is 2. The van der Waals surface area contributed by atoms with Crippen LogP contribution in [0.25, 0.3) is 0 Å². The summed E-state index contributed by atoms with van der Waals surface area (Å²) >= 11 is 1.88. The van der Waals surface area contributed by atoms with E-state index in [1.807, 2.05) is 11.3 Å². The molecule has 0 aromatic carbocycles. The highest BCUT2D eigenvalue weighted by molar-refractivity contribution is 7.10. The third-order valence-corrected chi connectivity index (χ3v) is 5.38. The van der Waals surface area contributed by atoms with Crippen molar-refractivity contribution in [1.29, 1.82) is 0 Å². The van der Waals surface area contributed by atoms with E-state index in [9.17, 15) is 0 Å². The second kappa shape index (κ2) is 7.55. The standard InChI is InChI=1S/C16H28N2OS/c1-13-6-10-20-16(13)11-18-8-9-19-12-15(14(18)2)5-7-17(3)4/h6,10,14-15H,5,7-9,11-12H2,1-4H3/t14-,15+/m0/s1. The summed E-state index contributed by atoms with van der Waals surface area (Å²) in [5, 5.41) is 2.20. The smallest absolute Gasteiger partial charge is 0.0593 e. The molecule has 0 saturated carbocycles. The molecule has 0 amide bonds. The van der Waals surface area contributed by atoms with Crippen molar-refractivity contribution in [3.8, 4) is 0 Å². The van der Waals surface area contributed by atoms with Crippen LogP contribution in [0, 0.1) is 12.8 Å². The lowest BCUT2D eigenvalue weighted by atomic mass is 9.97. The van der Waals surface area contributed by atoms with Crippen molar-refractivity contribution in [3.63, 3.8) is 0 Å². The Hall–Kier alpha value is -0.420. The maximum atomic E-state index is 5.83. The third-order valence-electron chi connectivity index (χ3n) is 4.37. The van der Waals surface area contributed by atoms with E-state index in [4.69, 9.17) is 4.74 Å². The molecule has 1 saturated heterocycles. The highest BCUT2D eigenvalue weighted by Gasteiger charge is 2.27. The summed E-state index contributed by atoms with van der Waals surface area (Å²) in [5.74, 6) is 0.639. The van der Waals surface area contributed by atoms with Crippen LogP contribution in [-0.4, -0.2) is 56.2 Å². The van der Waals surface area contributed by atoms with Gasteiger partial charge in [0, 0.05) is 24.0 Å². The third kappa shape index (κ3) is 4.29. The van der Waals surface area contributed by atoms with Gasteiger partial charge in [0.1, 0.15) is 0 Å². The van der Waals surface area contributed by atoms with Crippen molar-refractivity contribution in [2.24, 2.45) is 5.92 Å². The molecule has 1 aliphatic heterocycles. The van der Waals surface area contributed by atoms with Gasteiger partial charge in [-0.3, -0.25) is 4.90 Å². The van der Waals surface area contributed by atoms with Crippen molar-refractivity contribution >= 4 is 11.3 Å². The number of thiophene rings is 1. The molecule has 2 atom stereocenters. The Morgan fingerprint density at radius 1 is 1.45 bits per heavy atom. The Labute approximate surface area is 127 Å². The summed E-state index contributed by atoms with van der Waals surface area (Å²) in [4.78, 5) is 6.38. The van der Waals surface area contributed by atoms with Crippen molar-refractivity contribution < 1.29 is 4.74 Å². The first-order valence-electron chi connectivity index (χ1n) is 7.57. The summed E-state index contributed by atoms with van der Waals surface area (Å²) < 4.78 is 5.83. The summed E-state index contributed by atoms with van der Waals surface area (Å²) in [6.07, 6.45) is 1.22. The number of hydrogen-bond acceptors (Lipinski definition) is 4. The summed E-state index contributed by atoms with van der Waals surface area (Å²) in [6.45, 7) is 9.64. The van der Waals surface area contributed by atoms with Crippen LogP contribution in [0.1, 0.15) is 23.8 Å². The van der Waals surface area contributed by atoms with Crippen LogP contribution in [0.2, 0.25) is 0 Å². The molecule has 0 radical (unpaired) electrons. The molecule has 4 heteroatoms. The number of aryl methyl sites for hydroxylation is 1. The monoisotopic (exact) mass is 296 g/mol. The van der Waals surface area contributed by atoms with Crippen LogP contribution in [-0.2, 0) is 11.3 Å². The summed E-state index contributed by atoms with van der Waals surface area (Å²) in [6, 6.07) is 2.82. The highest BCUT2D eigenvalue weighted by Crippen LogP contribution is 2.24. The maximum Gasteiger partial charge on any atom is 0.0593 e. The van der Waals surface area contributed by atoms with Crippen LogP contribution in [0.5, 0.6) is 0 Å². The molecule has 0 spiro atoms. The van der Waals surface area contributed by atoms with Gasteiger partial charge >= 0.3 is 0 Å². The first-order valence-corrected chi connectivity index (χ1v) is 8.45. The minimum absolute atomic E-state index is 0.596. The lowest BCUT2D eigenvalue weighted by molar-refractivity contribution is 0.110. The first-order chi connectivity index (χ1) is 9.58. The Bertz CT molecular complexity index is 405. The van der Waals surface area contributed by atoms with Gasteiger partial charge in [-0.15, -0.1) is 11.3 Å². The SMILES string of the molecule is Cc1ccsc1CN1CCOC[C@@H](CCN(C)C)[C@@H]1C. The Kier molecular flexibility index (Phi) is 6.02. The molecule has 2 heterocycles. The van der Waals surface area contributed by atoms with Crippen molar-refractivity contribution in [1.82, 2.24) is 9.80 Å². The minimum Gasteiger partial charge on any atom is -0.380 e. The quantitative estimate of drug-likeness (QED) is 0.831. The van der Waals surface area contributed by atoms with Gasteiger partial charge in [0.15, 0.2) is 0 Å². The number of rotatable bonds is 5. The van der Waals surface area contributed by atoms with Gasteiger partial charge in [0.25, 0.3) is 0 Å². The molecule has 1 aliphatic rings. The van der Waals surface area contributed by atoms with Crippen molar-refractivity contribution in [2.75, 3.05) is 40.4 Å². The van der Waals surface area contributed by atoms with Gasteiger partial charge in [-0.2, -0.15) is 0 Å². The van der Waals surface area contributed by atoms with Gasteiger partial charge in [0.05, 0.1) is 13.2 Å². The Morgan fingerprint density at radius 2 is 2.25 bits per heavy atom. The Balaban J connectivity index is 1.98. The van der Waals surface area contributed by atoms with E-state index in [0.717, 1.165) is 32.8 Å². The second-order valence-electron chi connectivity index (χ2n) is 6.16. The zero-order valence-electron chi connectivity index (χ0n) is 13.3. The summed E-state index contributed by atoms with van der Waals surface area (Å²) in [5.41, 5.74) is 1.43. The Morgan fingerprint density at radius 3 is 2.90 bits per heavy atom. The first kappa shape index (κ1) is 16.0. The fraction of sp³-hybridized carbons (Fsp3) is 0.750. The van der Waals surface area contributed by atoms with Gasteiger partial charge < -0.3 is 9.64 Å². The van der Waals surface area contributed by atoms with Gasteiger partial charge in [0.2, 0.25) is 0 Å². The maximum absolute atomic E-state index is 5.83. The molecule has 0 bridgehead atoms. The molecule has 1 fully saturated rings. The predicted octanol–water partition coefficient (Wildman–Crippen LogP) is 2.85. The van der Waals surface area contributed by atoms with E-state index in [0.29, 0.717) is 12.0 Å². The summed E-state index contributed by atoms with van der Waals surface area (Å²) in [7, 11) is 4.30. The zero-order chi connectivity index (χ0) is 14.5. The largest absolute Gasteiger partial charge is 0.380 e. The molecule has 1 aromatic rings.